The molecule has 0 saturated carbocycles. The summed E-state index contributed by atoms with van der Waals surface area (Å²) < 4.78 is 25.5. The molecule has 3 rings (SSSR count). The van der Waals surface area contributed by atoms with E-state index < -0.39 is 5.76 Å². The predicted molar refractivity (Wildman–Crippen MR) is 110 cm³/mol. The summed E-state index contributed by atoms with van der Waals surface area (Å²) in [5, 5.41) is 7.20. The van der Waals surface area contributed by atoms with Gasteiger partial charge in [-0.2, -0.15) is 8.78 Å². The van der Waals surface area contributed by atoms with Gasteiger partial charge in [0.25, 0.3) is 5.76 Å². The molecule has 0 aliphatic heterocycles. The van der Waals surface area contributed by atoms with Crippen molar-refractivity contribution < 1.29 is 13.6 Å². The first kappa shape index (κ1) is 20.4. The van der Waals surface area contributed by atoms with Gasteiger partial charge in [0.1, 0.15) is 0 Å². The van der Waals surface area contributed by atoms with Crippen LogP contribution in [0.1, 0.15) is 24.2 Å². The molecule has 0 unspecified atom stereocenters. The summed E-state index contributed by atoms with van der Waals surface area (Å²) in [6.45, 7) is 4.91. The van der Waals surface area contributed by atoms with Crippen LogP contribution in [0.25, 0.3) is 10.2 Å². The summed E-state index contributed by atoms with van der Waals surface area (Å²) in [6.07, 6.45) is 2.76. The van der Waals surface area contributed by atoms with Crippen LogP contribution >= 0.6 is 23.1 Å². The number of nitrogens with zero attached hydrogens (tertiary/aromatic N) is 3. The Bertz CT molecular complexity index is 949. The number of thiazole rings is 1. The first-order chi connectivity index (χ1) is 13.4. The minimum atomic E-state index is -2.48. The average Bonchev–Trinajstić information content (AvgIpc) is 3.07. The number of carbonyl (C=O) groups is 1. The molecule has 0 bridgehead atoms. The summed E-state index contributed by atoms with van der Waals surface area (Å²) in [5.74, 6) is -1.79. The molecule has 0 fully saturated rings. The number of hydrogen-bond acceptors (Lipinski definition) is 8. The van der Waals surface area contributed by atoms with E-state index >= 15 is 0 Å². The fourth-order valence-corrected chi connectivity index (χ4v) is 3.73. The van der Waals surface area contributed by atoms with Crippen LogP contribution in [0, 0.1) is 5.92 Å². The lowest BCUT2D eigenvalue weighted by molar-refractivity contribution is 0.101. The van der Waals surface area contributed by atoms with Crippen molar-refractivity contribution >= 4 is 50.2 Å². The maximum atomic E-state index is 12.3. The number of alkyl halides is 2. The number of hydrogen-bond donors (Lipinski definition) is 2. The first-order valence-corrected chi connectivity index (χ1v) is 10.3. The second-order valence-electron chi connectivity index (χ2n) is 6.25. The van der Waals surface area contributed by atoms with Gasteiger partial charge >= 0.3 is 0 Å². The van der Waals surface area contributed by atoms with E-state index in [9.17, 15) is 13.6 Å². The van der Waals surface area contributed by atoms with Crippen molar-refractivity contribution in [1.29, 1.82) is 0 Å². The SMILES string of the molecule is CC(=O)c1ccc2nc(NC[C@@H](C)CNc3ncc(SC(F)F)cn3)sc2c1. The van der Waals surface area contributed by atoms with Crippen molar-refractivity contribution in [1.82, 2.24) is 15.0 Å². The lowest BCUT2D eigenvalue weighted by Crippen LogP contribution is -2.20. The third kappa shape index (κ3) is 5.59. The van der Waals surface area contributed by atoms with E-state index in [1.54, 1.807) is 13.0 Å². The standard InChI is InChI=1S/C18H19F2N5OS2/c1-10(6-21-17-22-8-13(9-23-17)27-16(19)20)7-24-18-25-14-4-3-12(11(2)26)5-15(14)28-18/h3-5,8-10,16H,6-7H2,1-2H3,(H,24,25)(H,21,22,23)/t10-/m0/s1. The van der Waals surface area contributed by atoms with E-state index in [1.807, 2.05) is 12.1 Å². The Morgan fingerprint density at radius 1 is 1.21 bits per heavy atom. The molecule has 1 aromatic carbocycles. The van der Waals surface area contributed by atoms with Gasteiger partial charge in [-0.25, -0.2) is 15.0 Å². The van der Waals surface area contributed by atoms with Gasteiger partial charge in [0.2, 0.25) is 5.95 Å². The van der Waals surface area contributed by atoms with Crippen LogP contribution in [-0.4, -0.2) is 39.6 Å². The monoisotopic (exact) mass is 423 g/mol. The highest BCUT2D eigenvalue weighted by atomic mass is 32.2. The predicted octanol–water partition coefficient (Wildman–Crippen LogP) is 4.76. The number of anilines is 2. The summed E-state index contributed by atoms with van der Waals surface area (Å²) in [6, 6.07) is 5.50. The smallest absolute Gasteiger partial charge is 0.289 e. The Morgan fingerprint density at radius 3 is 2.61 bits per heavy atom. The zero-order valence-electron chi connectivity index (χ0n) is 15.3. The highest BCUT2D eigenvalue weighted by Crippen LogP contribution is 2.27. The van der Waals surface area contributed by atoms with E-state index in [-0.39, 0.29) is 11.7 Å². The summed E-state index contributed by atoms with van der Waals surface area (Å²) in [7, 11) is 0. The highest BCUT2D eigenvalue weighted by molar-refractivity contribution is 7.99. The zero-order valence-corrected chi connectivity index (χ0v) is 16.9. The Hall–Kier alpha value is -2.33. The average molecular weight is 424 g/mol. The molecule has 0 aliphatic carbocycles. The molecule has 0 aliphatic rings. The molecule has 1 atom stereocenters. The number of carbonyl (C=O) groups excluding carboxylic acids is 1. The molecule has 2 N–H and O–H groups in total. The first-order valence-electron chi connectivity index (χ1n) is 8.57. The normalized spacial score (nSPS) is 12.3. The molecule has 28 heavy (non-hydrogen) atoms. The van der Waals surface area contributed by atoms with Crippen LogP contribution in [0.5, 0.6) is 0 Å². The maximum Gasteiger partial charge on any atom is 0.289 e. The van der Waals surface area contributed by atoms with Crippen molar-refractivity contribution in [3.05, 3.63) is 36.2 Å². The second-order valence-corrected chi connectivity index (χ2v) is 8.34. The number of nitrogens with one attached hydrogen (secondary N) is 2. The minimum Gasteiger partial charge on any atom is -0.361 e. The molecule has 148 valence electrons. The number of benzene rings is 1. The van der Waals surface area contributed by atoms with Crippen LogP contribution in [0.3, 0.4) is 0 Å². The van der Waals surface area contributed by atoms with Gasteiger partial charge < -0.3 is 10.6 Å². The van der Waals surface area contributed by atoms with Crippen LogP contribution in [-0.2, 0) is 0 Å². The van der Waals surface area contributed by atoms with Gasteiger partial charge in [0, 0.05) is 35.9 Å². The van der Waals surface area contributed by atoms with Crippen LogP contribution in [0.15, 0.2) is 35.5 Å². The number of Topliss-reactive ketones (excluding diaryl/α,β-unsaturated/α-hetero) is 1. The Kier molecular flexibility index (Phi) is 6.74. The Labute approximate surface area is 169 Å². The quantitative estimate of drug-likeness (QED) is 0.379. The third-order valence-corrected chi connectivity index (χ3v) is 5.50. The van der Waals surface area contributed by atoms with Crippen LogP contribution < -0.4 is 10.6 Å². The summed E-state index contributed by atoms with van der Waals surface area (Å²) >= 11 is 1.93. The Morgan fingerprint density at radius 2 is 1.93 bits per heavy atom. The van der Waals surface area contributed by atoms with Crippen molar-refractivity contribution in [3.8, 4) is 0 Å². The van der Waals surface area contributed by atoms with E-state index in [0.29, 0.717) is 41.3 Å². The molecular formula is C18H19F2N5OS2. The molecule has 0 saturated heterocycles. The number of ketones is 1. The lowest BCUT2D eigenvalue weighted by atomic mass is 10.1. The summed E-state index contributed by atoms with van der Waals surface area (Å²) in [5.41, 5.74) is 1.54. The molecule has 0 radical (unpaired) electrons. The number of rotatable bonds is 9. The van der Waals surface area contributed by atoms with Gasteiger partial charge in [-0.3, -0.25) is 4.79 Å². The molecule has 2 heterocycles. The number of fused-ring (bicyclic) bond motifs is 1. The Balaban J connectivity index is 1.49. The van der Waals surface area contributed by atoms with Gasteiger partial charge in [0.05, 0.1) is 10.2 Å². The molecule has 2 aromatic heterocycles. The van der Waals surface area contributed by atoms with Crippen LogP contribution in [0.4, 0.5) is 19.9 Å². The number of halogens is 2. The lowest BCUT2D eigenvalue weighted by Gasteiger charge is -2.13. The molecule has 6 nitrogen and oxygen atoms in total. The third-order valence-electron chi connectivity index (χ3n) is 3.86. The van der Waals surface area contributed by atoms with Crippen molar-refractivity contribution in [3.63, 3.8) is 0 Å². The van der Waals surface area contributed by atoms with Crippen molar-refractivity contribution in [2.45, 2.75) is 24.5 Å². The van der Waals surface area contributed by atoms with Crippen molar-refractivity contribution in [2.75, 3.05) is 23.7 Å². The topological polar surface area (TPSA) is 79.8 Å². The minimum absolute atomic E-state index is 0.0348. The van der Waals surface area contributed by atoms with Gasteiger partial charge in [-0.15, -0.1) is 0 Å². The van der Waals surface area contributed by atoms with E-state index in [2.05, 4.69) is 32.5 Å². The van der Waals surface area contributed by atoms with Crippen LogP contribution in [0.2, 0.25) is 0 Å². The van der Waals surface area contributed by atoms with E-state index in [1.165, 1.54) is 23.7 Å². The summed E-state index contributed by atoms with van der Waals surface area (Å²) in [4.78, 5) is 24.4. The fourth-order valence-electron chi connectivity index (χ4n) is 2.39. The zero-order chi connectivity index (χ0) is 20.1. The number of aromatic nitrogens is 3. The molecular weight excluding hydrogens is 404 g/mol. The fraction of sp³-hybridized carbons (Fsp3) is 0.333. The molecule has 10 heteroatoms. The van der Waals surface area contributed by atoms with Crippen molar-refractivity contribution in [2.24, 2.45) is 5.92 Å². The molecule has 0 spiro atoms. The molecule has 0 amide bonds. The van der Waals surface area contributed by atoms with E-state index in [4.69, 9.17) is 0 Å². The molecule has 3 aromatic rings. The van der Waals surface area contributed by atoms with E-state index in [0.717, 1.165) is 15.3 Å². The second kappa shape index (κ2) is 9.24. The highest BCUT2D eigenvalue weighted by Gasteiger charge is 2.10. The van der Waals surface area contributed by atoms with Gasteiger partial charge in [-0.1, -0.05) is 30.0 Å². The number of thioether (sulfide) groups is 1. The van der Waals surface area contributed by atoms with Gasteiger partial charge in [0.15, 0.2) is 10.9 Å². The maximum absolute atomic E-state index is 12.3. The van der Waals surface area contributed by atoms with Gasteiger partial charge in [-0.05, 0) is 31.0 Å². The largest absolute Gasteiger partial charge is 0.361 e.